The van der Waals surface area contributed by atoms with E-state index >= 15 is 4.79 Å². The summed E-state index contributed by atoms with van der Waals surface area (Å²) in [6, 6.07) is 27.5. The van der Waals surface area contributed by atoms with Crippen LogP contribution in [-0.2, 0) is 10.2 Å². The Labute approximate surface area is 255 Å². The van der Waals surface area contributed by atoms with Crippen LogP contribution in [0.4, 0.5) is 5.69 Å². The maximum Gasteiger partial charge on any atom is 0.238 e. The van der Waals surface area contributed by atoms with Gasteiger partial charge in [-0.25, -0.2) is 0 Å². The molecule has 44 heavy (non-hydrogen) atoms. The molecule has 218 valence electrons. The largest absolute Gasteiger partial charge is 0.497 e. The van der Waals surface area contributed by atoms with Crippen LogP contribution in [0.25, 0.3) is 6.08 Å². The van der Waals surface area contributed by atoms with Crippen LogP contribution in [0.3, 0.4) is 0 Å². The number of nitrogens with one attached hydrogen (secondary N) is 1. The molecule has 7 heteroatoms. The fourth-order valence-electron chi connectivity index (χ4n) is 7.21. The van der Waals surface area contributed by atoms with Crippen molar-refractivity contribution < 1.29 is 23.9 Å². The van der Waals surface area contributed by atoms with Crippen molar-refractivity contribution in [3.05, 3.63) is 144 Å². The number of hydrogen-bond acceptors (Lipinski definition) is 6. The van der Waals surface area contributed by atoms with Crippen LogP contribution in [0, 0.1) is 5.92 Å². The number of methoxy groups -OCH3 is 1. The molecule has 1 fully saturated rings. The smallest absolute Gasteiger partial charge is 0.238 e. The first-order chi connectivity index (χ1) is 21.5. The maximum atomic E-state index is 15.1. The summed E-state index contributed by atoms with van der Waals surface area (Å²) in [6.45, 7) is 3.94. The zero-order valence-electron chi connectivity index (χ0n) is 24.1. The van der Waals surface area contributed by atoms with Crippen LogP contribution < -0.4 is 14.8 Å². The Morgan fingerprint density at radius 1 is 0.932 bits per heavy atom. The monoisotopic (exact) mass is 582 g/mol. The molecule has 0 aromatic heterocycles. The highest BCUT2D eigenvalue weighted by atomic mass is 16.5. The van der Waals surface area contributed by atoms with Gasteiger partial charge in [0.15, 0.2) is 11.6 Å². The second-order valence-corrected chi connectivity index (χ2v) is 11.1. The number of fused-ring (bicyclic) bond motifs is 6. The molecule has 1 N–H and O–H groups in total. The molecule has 0 bridgehead atoms. The molecule has 4 aromatic rings. The average molecular weight is 583 g/mol. The number of ether oxygens (including phenoxy) is 2. The number of hydrogen-bond donors (Lipinski definition) is 1. The van der Waals surface area contributed by atoms with Crippen LogP contribution in [0.15, 0.2) is 116 Å². The van der Waals surface area contributed by atoms with Crippen LogP contribution in [0.5, 0.6) is 11.5 Å². The summed E-state index contributed by atoms with van der Waals surface area (Å²) in [7, 11) is 1.56. The van der Waals surface area contributed by atoms with Gasteiger partial charge in [0.05, 0.1) is 24.6 Å². The van der Waals surface area contributed by atoms with Gasteiger partial charge in [-0.1, -0.05) is 67.3 Å². The predicted molar refractivity (Wildman–Crippen MR) is 168 cm³/mol. The fraction of sp³-hybridized carbons (Fsp3) is 0.162. The molecular formula is C37H30N2O5. The van der Waals surface area contributed by atoms with Gasteiger partial charge in [-0.15, -0.1) is 0 Å². The summed E-state index contributed by atoms with van der Waals surface area (Å²) in [4.78, 5) is 46.4. The van der Waals surface area contributed by atoms with Gasteiger partial charge < -0.3 is 19.7 Å². The third kappa shape index (κ3) is 3.93. The minimum absolute atomic E-state index is 0.197. The minimum Gasteiger partial charge on any atom is -0.497 e. The Morgan fingerprint density at radius 3 is 2.45 bits per heavy atom. The second-order valence-electron chi connectivity index (χ2n) is 11.1. The molecule has 3 aliphatic rings. The van der Waals surface area contributed by atoms with Crippen LogP contribution in [-0.4, -0.2) is 42.1 Å². The number of carbonyl (C=O) groups excluding carboxylic acids is 3. The quantitative estimate of drug-likeness (QED) is 0.196. The van der Waals surface area contributed by atoms with E-state index in [0.29, 0.717) is 33.9 Å². The lowest BCUT2D eigenvalue weighted by Gasteiger charge is -2.38. The van der Waals surface area contributed by atoms with Crippen molar-refractivity contribution >= 4 is 29.2 Å². The normalized spacial score (nSPS) is 22.5. The standard InChI is InChI=1S/C37H30N2O5/c1-3-22-44-30-15-9-6-12-27(30)34(41)31-32(33(40)24-16-18-25(43-2)19-17-24)39-21-20-23-10-4-5-11-26(23)35(39)37(31)28-13-7-8-14-29(28)38-36(37)42/h3-21,31-32,35H,1,22H2,2H3,(H,38,42)/t31-,32+,35+,37+/m0/s1. The molecule has 3 aliphatic heterocycles. The van der Waals surface area contributed by atoms with E-state index in [9.17, 15) is 9.59 Å². The molecule has 0 aliphatic carbocycles. The number of rotatable bonds is 8. The summed E-state index contributed by atoms with van der Waals surface area (Å²) in [5.41, 5.74) is 2.44. The van der Waals surface area contributed by atoms with Gasteiger partial charge in [0.25, 0.3) is 0 Å². The third-order valence-electron chi connectivity index (χ3n) is 9.01. The fourth-order valence-corrected chi connectivity index (χ4v) is 7.21. The highest BCUT2D eigenvalue weighted by Gasteiger charge is 2.70. The van der Waals surface area contributed by atoms with E-state index in [0.717, 1.165) is 11.1 Å². The van der Waals surface area contributed by atoms with Crippen molar-refractivity contribution in [1.29, 1.82) is 0 Å². The van der Waals surface area contributed by atoms with Crippen molar-refractivity contribution in [2.75, 3.05) is 19.0 Å². The molecule has 4 aromatic carbocycles. The molecule has 1 amide bonds. The number of ketones is 2. The van der Waals surface area contributed by atoms with E-state index in [1.54, 1.807) is 61.7 Å². The molecule has 0 unspecified atom stereocenters. The van der Waals surface area contributed by atoms with Crippen molar-refractivity contribution in [3.8, 4) is 11.5 Å². The molecule has 7 nitrogen and oxygen atoms in total. The lowest BCUT2D eigenvalue weighted by molar-refractivity contribution is -0.122. The molecule has 7 rings (SSSR count). The number of nitrogens with zero attached hydrogens (tertiary/aromatic N) is 1. The first-order valence-electron chi connectivity index (χ1n) is 14.5. The van der Waals surface area contributed by atoms with Crippen molar-refractivity contribution in [2.45, 2.75) is 17.5 Å². The highest BCUT2D eigenvalue weighted by Crippen LogP contribution is 2.62. The summed E-state index contributed by atoms with van der Waals surface area (Å²) < 4.78 is 11.3. The minimum atomic E-state index is -1.42. The Hall–Kier alpha value is -5.43. The number of anilines is 1. The van der Waals surface area contributed by atoms with Crippen LogP contribution in [0.2, 0.25) is 0 Å². The van der Waals surface area contributed by atoms with Gasteiger partial charge in [0.1, 0.15) is 29.6 Å². The van der Waals surface area contributed by atoms with E-state index in [1.807, 2.05) is 65.7 Å². The number of para-hydroxylation sites is 2. The molecular weight excluding hydrogens is 552 g/mol. The SMILES string of the molecule is C=CCOc1ccccc1C(=O)[C@@H]1[C@H](C(=O)c2ccc(OC)cc2)N2C=Cc3ccccc3[C@@H]2[C@]12C(=O)Nc1ccccc12. The van der Waals surface area contributed by atoms with E-state index in [1.165, 1.54) is 0 Å². The zero-order chi connectivity index (χ0) is 30.4. The average Bonchev–Trinajstić information content (AvgIpc) is 3.55. The predicted octanol–water partition coefficient (Wildman–Crippen LogP) is 6.24. The molecule has 0 saturated carbocycles. The van der Waals surface area contributed by atoms with Gasteiger partial charge in [0, 0.05) is 17.5 Å². The first kappa shape index (κ1) is 27.4. The Morgan fingerprint density at radius 2 is 1.66 bits per heavy atom. The third-order valence-corrected chi connectivity index (χ3v) is 9.01. The Bertz CT molecular complexity index is 1840. The van der Waals surface area contributed by atoms with Crippen LogP contribution in [0.1, 0.15) is 43.4 Å². The van der Waals surface area contributed by atoms with Gasteiger partial charge in [-0.3, -0.25) is 14.4 Å². The summed E-state index contributed by atoms with van der Waals surface area (Å²) >= 11 is 0. The van der Waals surface area contributed by atoms with E-state index in [4.69, 9.17) is 9.47 Å². The van der Waals surface area contributed by atoms with Gasteiger partial charge in [-0.2, -0.15) is 0 Å². The first-order valence-corrected chi connectivity index (χ1v) is 14.5. The highest BCUT2D eigenvalue weighted by molar-refractivity contribution is 6.17. The lowest BCUT2D eigenvalue weighted by Crippen LogP contribution is -2.49. The Balaban J connectivity index is 1.51. The lowest BCUT2D eigenvalue weighted by atomic mass is 9.62. The van der Waals surface area contributed by atoms with Gasteiger partial charge in [-0.05, 0) is 65.2 Å². The summed E-state index contributed by atoms with van der Waals surface area (Å²) in [5.74, 6) is -1.04. The number of amides is 1. The molecule has 1 spiro atoms. The summed E-state index contributed by atoms with van der Waals surface area (Å²) in [5, 5.41) is 3.08. The van der Waals surface area contributed by atoms with E-state index in [-0.39, 0.29) is 24.1 Å². The summed E-state index contributed by atoms with van der Waals surface area (Å²) in [6.07, 6.45) is 5.42. The Kier molecular flexibility index (Phi) is 6.66. The zero-order valence-corrected chi connectivity index (χ0v) is 24.1. The topological polar surface area (TPSA) is 84.9 Å². The molecule has 4 atom stereocenters. The second kappa shape index (κ2) is 10.7. The maximum absolute atomic E-state index is 15.1. The van der Waals surface area contributed by atoms with E-state index in [2.05, 4.69) is 11.9 Å². The number of benzene rings is 4. The number of carbonyl (C=O) groups is 3. The molecule has 1 saturated heterocycles. The van der Waals surface area contributed by atoms with Crippen molar-refractivity contribution in [3.63, 3.8) is 0 Å². The van der Waals surface area contributed by atoms with Crippen molar-refractivity contribution in [1.82, 2.24) is 4.90 Å². The molecule has 3 heterocycles. The van der Waals surface area contributed by atoms with Crippen molar-refractivity contribution in [2.24, 2.45) is 5.92 Å². The number of Topliss-reactive ketones (excluding diaryl/α,β-unsaturated/α-hetero) is 2. The molecule has 0 radical (unpaired) electrons. The van der Waals surface area contributed by atoms with Gasteiger partial charge >= 0.3 is 0 Å². The van der Waals surface area contributed by atoms with Crippen LogP contribution >= 0.6 is 0 Å². The van der Waals surface area contributed by atoms with Gasteiger partial charge in [0.2, 0.25) is 5.91 Å². The van der Waals surface area contributed by atoms with E-state index < -0.39 is 23.4 Å².